The van der Waals surface area contributed by atoms with Crippen LogP contribution in [0.25, 0.3) is 0 Å². The molecule has 0 spiro atoms. The van der Waals surface area contributed by atoms with Crippen LogP contribution >= 0.6 is 0 Å². The number of rotatable bonds is 1. The van der Waals surface area contributed by atoms with Gasteiger partial charge in [-0.15, -0.1) is 0 Å². The maximum Gasteiger partial charge on any atom is 0.410 e. The van der Waals surface area contributed by atoms with Crippen molar-refractivity contribution in [2.24, 2.45) is 0 Å². The second kappa shape index (κ2) is 3.11. The van der Waals surface area contributed by atoms with Crippen molar-refractivity contribution in [3.63, 3.8) is 0 Å². The maximum atomic E-state index is 11.1. The fourth-order valence-electron chi connectivity index (χ4n) is 1.43. The average molecular weight is 157 g/mol. The molecule has 1 amide bonds. The van der Waals surface area contributed by atoms with Crippen molar-refractivity contribution in [1.29, 1.82) is 0 Å². The Morgan fingerprint density at radius 2 is 2.36 bits per heavy atom. The molecule has 1 aliphatic heterocycles. The lowest BCUT2D eigenvalue weighted by atomic mass is 10.1. The first-order valence-corrected chi connectivity index (χ1v) is 4.08. The highest BCUT2D eigenvalue weighted by molar-refractivity contribution is 5.68. The van der Waals surface area contributed by atoms with Gasteiger partial charge in [0.05, 0.1) is 0 Å². The minimum atomic E-state index is -0.185. The van der Waals surface area contributed by atoms with Crippen molar-refractivity contribution < 1.29 is 9.53 Å². The first-order valence-electron chi connectivity index (χ1n) is 4.08. The minimum Gasteiger partial charge on any atom is -0.446 e. The quantitative estimate of drug-likeness (QED) is 0.579. The number of ether oxygens (including phenoxy) is 1. The molecule has 1 saturated heterocycles. The van der Waals surface area contributed by atoms with Crippen LogP contribution < -0.4 is 0 Å². The van der Waals surface area contributed by atoms with E-state index >= 15 is 0 Å². The minimum absolute atomic E-state index is 0.0867. The van der Waals surface area contributed by atoms with Crippen molar-refractivity contribution in [1.82, 2.24) is 4.90 Å². The molecule has 1 aliphatic rings. The maximum absolute atomic E-state index is 11.1. The molecule has 0 aliphatic carbocycles. The topological polar surface area (TPSA) is 29.5 Å². The van der Waals surface area contributed by atoms with E-state index in [9.17, 15) is 4.79 Å². The lowest BCUT2D eigenvalue weighted by molar-refractivity contribution is 0.0152. The lowest BCUT2D eigenvalue weighted by Gasteiger charge is -2.34. The fraction of sp³-hybridized carbons (Fsp3) is 0.875. The van der Waals surface area contributed by atoms with Crippen molar-refractivity contribution in [3.05, 3.63) is 0 Å². The Balaban J connectivity index is 2.58. The standard InChI is InChI=1S/C8H15NO2/c1-4-7-5-6(2)11-8(10)9(7)3/h6-7H,4-5H2,1-3H3/t6-,7-/m0/s1. The molecule has 3 heteroatoms. The highest BCUT2D eigenvalue weighted by Crippen LogP contribution is 2.18. The molecule has 1 heterocycles. The van der Waals surface area contributed by atoms with Gasteiger partial charge in [0.2, 0.25) is 0 Å². The van der Waals surface area contributed by atoms with Gasteiger partial charge in [0, 0.05) is 19.5 Å². The first kappa shape index (κ1) is 8.37. The molecule has 1 rings (SSSR count). The smallest absolute Gasteiger partial charge is 0.410 e. The third-order valence-electron chi connectivity index (χ3n) is 2.21. The van der Waals surface area contributed by atoms with Crippen LogP contribution in [-0.4, -0.2) is 30.2 Å². The molecule has 0 bridgehead atoms. The van der Waals surface area contributed by atoms with E-state index in [1.165, 1.54) is 0 Å². The molecule has 11 heavy (non-hydrogen) atoms. The molecule has 2 atom stereocenters. The Bertz CT molecular complexity index is 158. The Hall–Kier alpha value is -0.730. The molecule has 0 radical (unpaired) electrons. The summed E-state index contributed by atoms with van der Waals surface area (Å²) in [5.41, 5.74) is 0. The van der Waals surface area contributed by atoms with Gasteiger partial charge in [0.25, 0.3) is 0 Å². The second-order valence-corrected chi connectivity index (χ2v) is 3.10. The van der Waals surface area contributed by atoms with Crippen LogP contribution in [0.1, 0.15) is 26.7 Å². The van der Waals surface area contributed by atoms with Crippen molar-refractivity contribution >= 4 is 6.09 Å². The van der Waals surface area contributed by atoms with Gasteiger partial charge in [0.1, 0.15) is 6.10 Å². The van der Waals surface area contributed by atoms with Crippen LogP contribution in [0.4, 0.5) is 4.79 Å². The fourth-order valence-corrected chi connectivity index (χ4v) is 1.43. The third-order valence-corrected chi connectivity index (χ3v) is 2.21. The molecular formula is C8H15NO2. The van der Waals surface area contributed by atoms with E-state index < -0.39 is 0 Å². The number of cyclic esters (lactones) is 1. The van der Waals surface area contributed by atoms with Gasteiger partial charge in [-0.2, -0.15) is 0 Å². The summed E-state index contributed by atoms with van der Waals surface area (Å²) in [6, 6.07) is 0.367. The van der Waals surface area contributed by atoms with Gasteiger partial charge in [0.15, 0.2) is 0 Å². The summed E-state index contributed by atoms with van der Waals surface area (Å²) < 4.78 is 5.02. The Morgan fingerprint density at radius 1 is 1.73 bits per heavy atom. The Labute approximate surface area is 67.3 Å². The molecule has 0 aromatic rings. The van der Waals surface area contributed by atoms with Gasteiger partial charge >= 0.3 is 6.09 Å². The van der Waals surface area contributed by atoms with E-state index in [1.807, 2.05) is 6.92 Å². The van der Waals surface area contributed by atoms with Gasteiger partial charge < -0.3 is 9.64 Å². The summed E-state index contributed by atoms with van der Waals surface area (Å²) in [6.45, 7) is 4.03. The number of carbonyl (C=O) groups excluding carboxylic acids is 1. The summed E-state index contributed by atoms with van der Waals surface area (Å²) >= 11 is 0. The normalized spacial score (nSPS) is 31.9. The van der Waals surface area contributed by atoms with Crippen LogP contribution in [0.2, 0.25) is 0 Å². The Kier molecular flexibility index (Phi) is 2.37. The Morgan fingerprint density at radius 3 is 2.91 bits per heavy atom. The van der Waals surface area contributed by atoms with E-state index in [0.717, 1.165) is 12.8 Å². The summed E-state index contributed by atoms with van der Waals surface area (Å²) in [5, 5.41) is 0. The van der Waals surface area contributed by atoms with Crippen LogP contribution in [0.5, 0.6) is 0 Å². The summed E-state index contributed by atoms with van der Waals surface area (Å²) in [6.07, 6.45) is 1.87. The molecule has 0 unspecified atom stereocenters. The molecule has 64 valence electrons. The molecule has 0 aromatic carbocycles. The highest BCUT2D eigenvalue weighted by Gasteiger charge is 2.28. The van der Waals surface area contributed by atoms with Crippen LogP contribution in [0.3, 0.4) is 0 Å². The number of nitrogens with zero attached hydrogens (tertiary/aromatic N) is 1. The summed E-state index contributed by atoms with van der Waals surface area (Å²) in [4.78, 5) is 12.8. The largest absolute Gasteiger partial charge is 0.446 e. The van der Waals surface area contributed by atoms with Crippen molar-refractivity contribution in [2.45, 2.75) is 38.8 Å². The highest BCUT2D eigenvalue weighted by atomic mass is 16.6. The van der Waals surface area contributed by atoms with E-state index in [-0.39, 0.29) is 12.2 Å². The van der Waals surface area contributed by atoms with Crippen LogP contribution in [-0.2, 0) is 4.74 Å². The first-order chi connectivity index (χ1) is 5.15. The van der Waals surface area contributed by atoms with Crippen molar-refractivity contribution in [3.8, 4) is 0 Å². The SMILES string of the molecule is CC[C@H]1C[C@H](C)OC(=O)N1C. The predicted octanol–water partition coefficient (Wildman–Crippen LogP) is 1.63. The van der Waals surface area contributed by atoms with E-state index in [2.05, 4.69) is 6.92 Å². The zero-order valence-electron chi connectivity index (χ0n) is 7.33. The van der Waals surface area contributed by atoms with E-state index in [1.54, 1.807) is 11.9 Å². The lowest BCUT2D eigenvalue weighted by Crippen LogP contribution is -2.45. The van der Waals surface area contributed by atoms with Gasteiger partial charge in [-0.25, -0.2) is 4.79 Å². The number of carbonyl (C=O) groups is 1. The van der Waals surface area contributed by atoms with Crippen LogP contribution in [0.15, 0.2) is 0 Å². The zero-order valence-corrected chi connectivity index (χ0v) is 7.33. The van der Waals surface area contributed by atoms with Crippen molar-refractivity contribution in [2.75, 3.05) is 7.05 Å². The number of hydrogen-bond acceptors (Lipinski definition) is 2. The molecular weight excluding hydrogens is 142 g/mol. The number of amides is 1. The van der Waals surface area contributed by atoms with Crippen LogP contribution in [0, 0.1) is 0 Å². The van der Waals surface area contributed by atoms with E-state index in [0.29, 0.717) is 6.04 Å². The molecule has 0 N–H and O–H groups in total. The zero-order chi connectivity index (χ0) is 8.43. The monoisotopic (exact) mass is 157 g/mol. The van der Waals surface area contributed by atoms with Gasteiger partial charge in [-0.05, 0) is 13.3 Å². The van der Waals surface area contributed by atoms with E-state index in [4.69, 9.17) is 4.74 Å². The van der Waals surface area contributed by atoms with Gasteiger partial charge in [-0.1, -0.05) is 6.92 Å². The molecule has 3 nitrogen and oxygen atoms in total. The van der Waals surface area contributed by atoms with Gasteiger partial charge in [-0.3, -0.25) is 0 Å². The average Bonchev–Trinajstić information content (AvgIpc) is 1.96. The molecule has 0 aromatic heterocycles. The number of hydrogen-bond donors (Lipinski definition) is 0. The molecule has 1 fully saturated rings. The predicted molar refractivity (Wildman–Crippen MR) is 42.4 cm³/mol. The molecule has 0 saturated carbocycles. The second-order valence-electron chi connectivity index (χ2n) is 3.10. The third kappa shape index (κ3) is 1.64. The summed E-state index contributed by atoms with van der Waals surface area (Å²) in [7, 11) is 1.79. The summed E-state index contributed by atoms with van der Waals surface area (Å²) in [5.74, 6) is 0.